The van der Waals surface area contributed by atoms with E-state index in [-0.39, 0.29) is 48.0 Å². The first-order valence-corrected chi connectivity index (χ1v) is 11.1. The van der Waals surface area contributed by atoms with Crippen LogP contribution in [0.1, 0.15) is 37.8 Å². The molecule has 0 N–H and O–H groups in total. The maximum Gasteiger partial charge on any atom is 0.432 e. The van der Waals surface area contributed by atoms with Gasteiger partial charge in [-0.05, 0) is 55.2 Å². The third-order valence-electron chi connectivity index (χ3n) is 4.96. The number of hydrogen-bond acceptors (Lipinski definition) is 3. The van der Waals surface area contributed by atoms with Crippen molar-refractivity contribution >= 4 is 0 Å². The Morgan fingerprint density at radius 1 is 0.694 bits per heavy atom. The smallest absolute Gasteiger partial charge is 0.432 e. The van der Waals surface area contributed by atoms with Crippen LogP contribution in [0.5, 0.6) is 17.2 Å². The Labute approximate surface area is 203 Å². The Bertz CT molecular complexity index is 1170. The molecule has 194 valence electrons. The van der Waals surface area contributed by atoms with Crippen LogP contribution in [0.15, 0.2) is 36.4 Å². The van der Waals surface area contributed by atoms with E-state index in [4.69, 9.17) is 9.47 Å². The van der Waals surface area contributed by atoms with Gasteiger partial charge in [-0.3, -0.25) is 0 Å². The van der Waals surface area contributed by atoms with Crippen LogP contribution in [0.4, 0.5) is 30.7 Å². The number of hydrogen-bond donors (Lipinski definition) is 0. The van der Waals surface area contributed by atoms with Gasteiger partial charge < -0.3 is 14.2 Å². The number of ether oxygens (including phenoxy) is 3. The monoisotopic (exact) mass is 516 g/mol. The maximum absolute atomic E-state index is 15.0. The summed E-state index contributed by atoms with van der Waals surface area (Å²) in [4.78, 5) is 0. The summed E-state index contributed by atoms with van der Waals surface area (Å²) < 4.78 is 115. The molecule has 10 heteroatoms. The third kappa shape index (κ3) is 5.85. The van der Waals surface area contributed by atoms with Crippen LogP contribution < -0.4 is 14.2 Å². The maximum atomic E-state index is 15.0. The lowest BCUT2D eigenvalue weighted by Gasteiger charge is -2.21. The Morgan fingerprint density at radius 2 is 1.17 bits per heavy atom. The fourth-order valence-corrected chi connectivity index (χ4v) is 3.44. The second kappa shape index (κ2) is 11.1. The van der Waals surface area contributed by atoms with E-state index in [0.717, 1.165) is 5.56 Å². The second-order valence-electron chi connectivity index (χ2n) is 7.97. The van der Waals surface area contributed by atoms with E-state index >= 15 is 0 Å². The molecule has 0 unspecified atom stereocenters. The Hall–Kier alpha value is -3.43. The van der Waals surface area contributed by atoms with Gasteiger partial charge in [0.2, 0.25) is 0 Å². The zero-order valence-corrected chi connectivity index (χ0v) is 19.7. The summed E-state index contributed by atoms with van der Waals surface area (Å²) in [5, 5.41) is 0. The van der Waals surface area contributed by atoms with E-state index in [1.54, 1.807) is 19.1 Å². The Balaban J connectivity index is 2.09. The molecule has 36 heavy (non-hydrogen) atoms. The molecule has 3 nitrogen and oxygen atoms in total. The van der Waals surface area contributed by atoms with Crippen LogP contribution in [-0.2, 0) is 6.11 Å². The molecule has 3 aromatic carbocycles. The van der Waals surface area contributed by atoms with E-state index in [2.05, 4.69) is 4.74 Å². The molecular weight excluding hydrogens is 493 g/mol. The molecule has 0 aliphatic rings. The quantitative estimate of drug-likeness (QED) is 0.202. The lowest BCUT2D eigenvalue weighted by molar-refractivity contribution is -0.189. The zero-order chi connectivity index (χ0) is 26.6. The van der Waals surface area contributed by atoms with Crippen molar-refractivity contribution in [2.45, 2.75) is 39.7 Å². The van der Waals surface area contributed by atoms with Crippen LogP contribution >= 0.6 is 0 Å². The first-order chi connectivity index (χ1) is 17.0. The van der Waals surface area contributed by atoms with Gasteiger partial charge in [-0.1, -0.05) is 13.8 Å². The molecule has 0 fully saturated rings. The van der Waals surface area contributed by atoms with Crippen LogP contribution in [0, 0.1) is 36.0 Å². The fourth-order valence-electron chi connectivity index (χ4n) is 3.44. The van der Waals surface area contributed by atoms with Crippen molar-refractivity contribution in [2.24, 2.45) is 0 Å². The van der Waals surface area contributed by atoms with Gasteiger partial charge in [0.1, 0.15) is 34.4 Å². The predicted molar refractivity (Wildman–Crippen MR) is 119 cm³/mol. The second-order valence-corrected chi connectivity index (χ2v) is 7.97. The average molecular weight is 516 g/mol. The molecule has 0 amide bonds. The summed E-state index contributed by atoms with van der Waals surface area (Å²) in [6.45, 7) is 6.05. The summed E-state index contributed by atoms with van der Waals surface area (Å²) in [7, 11) is 0. The SMILES string of the molecule is CCCOc1cc(C)cc(OCCC)c1-c1cc(F)c(C(F)(F)Oc2cc(F)c(F)c(F)c2)c(F)c1. The first kappa shape index (κ1) is 27.2. The normalized spacial score (nSPS) is 11.5. The zero-order valence-electron chi connectivity index (χ0n) is 19.7. The van der Waals surface area contributed by atoms with Crippen LogP contribution in [-0.4, -0.2) is 13.2 Å². The molecule has 0 aromatic heterocycles. The standard InChI is InChI=1S/C26H23F7O3/c1-4-6-34-21-8-14(3)9-22(35-7-5-2)23(21)15-10-17(27)24(18(28)11-15)26(32,33)36-16-12-19(29)25(31)20(30)13-16/h8-13H,4-7H2,1-3H3. The van der Waals surface area contributed by atoms with E-state index in [1.807, 2.05) is 13.8 Å². The van der Waals surface area contributed by atoms with E-state index < -0.39 is 46.5 Å². The minimum atomic E-state index is -4.69. The number of rotatable bonds is 10. The lowest BCUT2D eigenvalue weighted by Crippen LogP contribution is -2.25. The highest BCUT2D eigenvalue weighted by atomic mass is 19.3. The van der Waals surface area contributed by atoms with Crippen molar-refractivity contribution in [3.63, 3.8) is 0 Å². The largest absolute Gasteiger partial charge is 0.493 e. The molecule has 0 aliphatic carbocycles. The topological polar surface area (TPSA) is 27.7 Å². The molecule has 0 atom stereocenters. The van der Waals surface area contributed by atoms with Gasteiger partial charge in [0.05, 0.1) is 18.8 Å². The van der Waals surface area contributed by atoms with Gasteiger partial charge in [0, 0.05) is 12.1 Å². The van der Waals surface area contributed by atoms with Gasteiger partial charge in [0.25, 0.3) is 0 Å². The molecule has 0 saturated heterocycles. The molecule has 3 rings (SSSR count). The van der Waals surface area contributed by atoms with Crippen molar-refractivity contribution < 1.29 is 44.9 Å². The highest BCUT2D eigenvalue weighted by Crippen LogP contribution is 2.43. The summed E-state index contributed by atoms with van der Waals surface area (Å²) in [5.41, 5.74) is -1.03. The number of alkyl halides is 2. The van der Waals surface area contributed by atoms with Crippen LogP contribution in [0.2, 0.25) is 0 Å². The highest BCUT2D eigenvalue weighted by molar-refractivity contribution is 5.78. The molecule has 0 bridgehead atoms. The molecule has 0 heterocycles. The predicted octanol–water partition coefficient (Wildman–Crippen LogP) is 8.06. The van der Waals surface area contributed by atoms with Crippen molar-refractivity contribution in [2.75, 3.05) is 13.2 Å². The number of benzene rings is 3. The fraction of sp³-hybridized carbons (Fsp3) is 0.308. The first-order valence-electron chi connectivity index (χ1n) is 11.1. The average Bonchev–Trinajstić information content (AvgIpc) is 2.78. The van der Waals surface area contributed by atoms with Crippen LogP contribution in [0.3, 0.4) is 0 Å². The Kier molecular flexibility index (Phi) is 8.37. The third-order valence-corrected chi connectivity index (χ3v) is 4.96. The summed E-state index contributed by atoms with van der Waals surface area (Å²) in [5.74, 6) is -9.59. The van der Waals surface area contributed by atoms with Crippen molar-refractivity contribution in [3.8, 4) is 28.4 Å². The molecule has 0 aliphatic heterocycles. The van der Waals surface area contributed by atoms with Gasteiger partial charge in [0.15, 0.2) is 17.5 Å². The molecule has 0 spiro atoms. The van der Waals surface area contributed by atoms with Gasteiger partial charge in [-0.2, -0.15) is 8.78 Å². The minimum absolute atomic E-state index is 0.136. The van der Waals surface area contributed by atoms with Gasteiger partial charge in [-0.15, -0.1) is 0 Å². The van der Waals surface area contributed by atoms with Crippen LogP contribution in [0.25, 0.3) is 11.1 Å². The molecule has 0 radical (unpaired) electrons. The molecular formula is C26H23F7O3. The molecule has 3 aromatic rings. The van der Waals surface area contributed by atoms with Gasteiger partial charge in [-0.25, -0.2) is 22.0 Å². The molecule has 0 saturated carbocycles. The van der Waals surface area contributed by atoms with Crippen molar-refractivity contribution in [1.29, 1.82) is 0 Å². The summed E-state index contributed by atoms with van der Waals surface area (Å²) >= 11 is 0. The van der Waals surface area contributed by atoms with E-state index in [1.165, 1.54) is 0 Å². The lowest BCUT2D eigenvalue weighted by atomic mass is 9.99. The van der Waals surface area contributed by atoms with E-state index in [9.17, 15) is 30.7 Å². The highest BCUT2D eigenvalue weighted by Gasteiger charge is 2.42. The summed E-state index contributed by atoms with van der Waals surface area (Å²) in [6, 6.07) is 4.84. The minimum Gasteiger partial charge on any atom is -0.493 e. The number of halogens is 7. The Morgan fingerprint density at radius 3 is 1.61 bits per heavy atom. The van der Waals surface area contributed by atoms with Crippen molar-refractivity contribution in [1.82, 2.24) is 0 Å². The summed E-state index contributed by atoms with van der Waals surface area (Å²) in [6.07, 6.45) is -3.43. The van der Waals surface area contributed by atoms with Gasteiger partial charge >= 0.3 is 6.11 Å². The van der Waals surface area contributed by atoms with Crippen molar-refractivity contribution in [3.05, 3.63) is 76.6 Å². The number of aryl methyl sites for hydroxylation is 1. The van der Waals surface area contributed by atoms with E-state index in [0.29, 0.717) is 25.0 Å².